The molecule has 0 aliphatic heterocycles. The van der Waals surface area contributed by atoms with Crippen LogP contribution in [-0.4, -0.2) is 19.6 Å². The third-order valence-corrected chi connectivity index (χ3v) is 0.0962. The second-order valence-electron chi connectivity index (χ2n) is 0.576. The summed E-state index contributed by atoms with van der Waals surface area (Å²) in [6.45, 7) is 3.11. The molecule has 0 amide bonds. The summed E-state index contributed by atoms with van der Waals surface area (Å²) in [5.41, 5.74) is 0. The van der Waals surface area contributed by atoms with Crippen molar-refractivity contribution < 1.29 is 47.7 Å². The van der Waals surface area contributed by atoms with Crippen LogP contribution in [-0.2, 0) is 16.2 Å². The number of hydrogen-bond acceptors (Lipinski definition) is 4. The van der Waals surface area contributed by atoms with Crippen molar-refractivity contribution in [2.45, 2.75) is 0 Å². The molecule has 0 spiro atoms. The third-order valence-electron chi connectivity index (χ3n) is 0.0962. The van der Waals surface area contributed by atoms with E-state index in [1.54, 1.807) is 0 Å². The van der Waals surface area contributed by atoms with E-state index in [1.165, 1.54) is 6.08 Å². The fourth-order valence-electron chi connectivity index (χ4n) is 0. The summed E-state index contributed by atoms with van der Waals surface area (Å²) < 4.78 is 25.3. The Hall–Kier alpha value is 0.480. The molecule has 0 aromatic carbocycles. The first-order chi connectivity index (χ1) is 3.65. The third kappa shape index (κ3) is 163. The Morgan fingerprint density at radius 3 is 1.56 bits per heavy atom. The van der Waals surface area contributed by atoms with Crippen molar-refractivity contribution in [3.8, 4) is 0 Å². The molecule has 0 fully saturated rings. The van der Waals surface area contributed by atoms with Crippen LogP contribution in [0.15, 0.2) is 12.7 Å². The summed E-state index contributed by atoms with van der Waals surface area (Å²) >= 11 is -3.11. The van der Waals surface area contributed by atoms with Gasteiger partial charge in [-0.05, 0) is 6.08 Å². The van der Waals surface area contributed by atoms with Gasteiger partial charge >= 0.3 is 29.6 Å². The van der Waals surface area contributed by atoms with Crippen molar-refractivity contribution in [2.24, 2.45) is 0 Å². The molecule has 9 heavy (non-hydrogen) atoms. The fourth-order valence-corrected chi connectivity index (χ4v) is 0. The zero-order valence-electron chi connectivity index (χ0n) is 4.90. The molecule has 0 aromatic rings. The molecule has 0 heterocycles. The minimum absolute atomic E-state index is 0. The van der Waals surface area contributed by atoms with Gasteiger partial charge in [0.05, 0.1) is 0 Å². The van der Waals surface area contributed by atoms with Crippen LogP contribution in [0.3, 0.4) is 0 Å². The van der Waals surface area contributed by atoms with Gasteiger partial charge in [-0.15, -0.1) is 11.4 Å². The first kappa shape index (κ1) is 16.2. The van der Waals surface area contributed by atoms with Crippen LogP contribution >= 0.6 is 0 Å². The average Bonchev–Trinajstić information content (AvgIpc) is 1.65. The fraction of sp³-hybridized carbons (Fsp3) is 0. The molecule has 0 bridgehead atoms. The van der Waals surface area contributed by atoms with Crippen LogP contribution in [0.4, 0.5) is 0 Å². The predicted molar refractivity (Wildman–Crippen MR) is 26.0 cm³/mol. The van der Waals surface area contributed by atoms with Gasteiger partial charge in [-0.25, -0.2) is 0 Å². The van der Waals surface area contributed by atoms with Gasteiger partial charge in [0.2, 0.25) is 0 Å². The SMILES string of the molecule is C=CC=O.O=S([O-])[O-].[Na+]. The van der Waals surface area contributed by atoms with Gasteiger partial charge in [-0.2, -0.15) is 0 Å². The Bertz CT molecular complexity index is 83.8. The summed E-state index contributed by atoms with van der Waals surface area (Å²) in [6.07, 6.45) is 1.83. The first-order valence-electron chi connectivity index (χ1n) is 1.48. The van der Waals surface area contributed by atoms with E-state index in [9.17, 15) is 0 Å². The number of carbonyl (C=O) groups excluding carboxylic acids is 1. The summed E-state index contributed by atoms with van der Waals surface area (Å²) in [5, 5.41) is 0. The molecule has 48 valence electrons. The van der Waals surface area contributed by atoms with E-state index >= 15 is 0 Å². The normalized spacial score (nSPS) is 6.11. The van der Waals surface area contributed by atoms with E-state index in [0.717, 1.165) is 0 Å². The molecule has 4 nitrogen and oxygen atoms in total. The van der Waals surface area contributed by atoms with Gasteiger partial charge in [0.15, 0.2) is 0 Å². The van der Waals surface area contributed by atoms with Crippen LogP contribution in [0.25, 0.3) is 0 Å². The molecule has 0 N–H and O–H groups in total. The topological polar surface area (TPSA) is 80.3 Å². The van der Waals surface area contributed by atoms with Crippen molar-refractivity contribution in [1.82, 2.24) is 0 Å². The van der Waals surface area contributed by atoms with E-state index in [0.29, 0.717) is 6.29 Å². The van der Waals surface area contributed by atoms with Gasteiger partial charge in [0.1, 0.15) is 6.29 Å². The Balaban J connectivity index is -0.0000000720. The Labute approximate surface area is 77.7 Å². The molecule has 0 saturated carbocycles. The maximum absolute atomic E-state index is 9.06. The van der Waals surface area contributed by atoms with E-state index in [4.69, 9.17) is 18.1 Å². The van der Waals surface area contributed by atoms with Gasteiger partial charge in [0.25, 0.3) is 0 Å². The molecular weight excluding hydrogens is 155 g/mol. The zero-order valence-corrected chi connectivity index (χ0v) is 7.72. The molecule has 0 radical (unpaired) electrons. The van der Waals surface area contributed by atoms with Gasteiger partial charge in [-0.3, -0.25) is 9.00 Å². The smallest absolute Gasteiger partial charge is 0.784 e. The number of hydrogen-bond donors (Lipinski definition) is 0. The van der Waals surface area contributed by atoms with E-state index in [-0.39, 0.29) is 29.6 Å². The summed E-state index contributed by atoms with van der Waals surface area (Å²) in [4.78, 5) is 9.06. The van der Waals surface area contributed by atoms with Crippen LogP contribution in [0.1, 0.15) is 0 Å². The summed E-state index contributed by atoms with van der Waals surface area (Å²) in [6, 6.07) is 0. The van der Waals surface area contributed by atoms with Gasteiger partial charge in [-0.1, -0.05) is 6.58 Å². The number of aldehydes is 1. The van der Waals surface area contributed by atoms with E-state index in [1.807, 2.05) is 0 Å². The van der Waals surface area contributed by atoms with E-state index in [2.05, 4.69) is 6.58 Å². The number of carbonyl (C=O) groups is 1. The van der Waals surface area contributed by atoms with Crippen molar-refractivity contribution in [1.29, 1.82) is 0 Å². The Morgan fingerprint density at radius 2 is 1.56 bits per heavy atom. The Morgan fingerprint density at radius 1 is 1.44 bits per heavy atom. The second-order valence-corrected chi connectivity index (χ2v) is 0.984. The first-order valence-corrected chi connectivity index (χ1v) is 2.48. The van der Waals surface area contributed by atoms with Crippen LogP contribution in [0.2, 0.25) is 0 Å². The van der Waals surface area contributed by atoms with Gasteiger partial charge < -0.3 is 9.11 Å². The average molecular weight is 159 g/mol. The summed E-state index contributed by atoms with van der Waals surface area (Å²) in [5.74, 6) is 0. The Kier molecular flexibility index (Phi) is 28.5. The molecule has 6 heteroatoms. The van der Waals surface area contributed by atoms with Crippen LogP contribution in [0, 0.1) is 0 Å². The van der Waals surface area contributed by atoms with Crippen molar-refractivity contribution in [3.63, 3.8) is 0 Å². The molecule has 0 atom stereocenters. The molecule has 0 unspecified atom stereocenters. The quantitative estimate of drug-likeness (QED) is 0.171. The number of allylic oxidation sites excluding steroid dienone is 1. The van der Waals surface area contributed by atoms with Crippen LogP contribution < -0.4 is 29.6 Å². The molecular formula is C3H4NaO4S-. The molecule has 0 aliphatic rings. The minimum atomic E-state index is -3.11. The van der Waals surface area contributed by atoms with Crippen molar-refractivity contribution >= 4 is 17.6 Å². The van der Waals surface area contributed by atoms with Crippen molar-refractivity contribution in [2.75, 3.05) is 0 Å². The van der Waals surface area contributed by atoms with E-state index < -0.39 is 11.4 Å². The molecule has 0 saturated heterocycles. The maximum atomic E-state index is 9.06. The number of rotatable bonds is 1. The second kappa shape index (κ2) is 15.8. The standard InChI is InChI=1S/C3H4O.Na.H2O3S/c1-2-3-4;;1-4(2)3/h2-3H,1H2;;(H2,1,2,3)/q;+1;/p-2. The molecule has 0 rings (SSSR count). The monoisotopic (exact) mass is 159 g/mol. The predicted octanol–water partition coefficient (Wildman–Crippen LogP) is -3.63. The molecule has 0 aliphatic carbocycles. The zero-order chi connectivity index (χ0) is 6.99. The summed E-state index contributed by atoms with van der Waals surface area (Å²) in [7, 11) is 0. The van der Waals surface area contributed by atoms with Crippen LogP contribution in [0.5, 0.6) is 0 Å². The van der Waals surface area contributed by atoms with Gasteiger partial charge in [0, 0.05) is 0 Å². The molecule has 0 aromatic heterocycles. The maximum Gasteiger partial charge on any atom is 1.00 e. The minimum Gasteiger partial charge on any atom is -0.784 e. The largest absolute Gasteiger partial charge is 1.00 e. The van der Waals surface area contributed by atoms with Crippen molar-refractivity contribution in [3.05, 3.63) is 12.7 Å².